The lowest BCUT2D eigenvalue weighted by Gasteiger charge is -2.13. The minimum absolute atomic E-state index is 0. The fourth-order valence-corrected chi connectivity index (χ4v) is 4.65. The van der Waals surface area contributed by atoms with Crippen LogP contribution >= 0.6 is 24.0 Å². The first-order valence-electron chi connectivity index (χ1n) is 10.2. The van der Waals surface area contributed by atoms with Gasteiger partial charge in [0.05, 0.1) is 15.9 Å². The van der Waals surface area contributed by atoms with Crippen LogP contribution < -0.4 is 10.1 Å². The van der Waals surface area contributed by atoms with E-state index in [1.807, 2.05) is 0 Å². The van der Waals surface area contributed by atoms with Crippen LogP contribution in [0.1, 0.15) is 24.2 Å². The highest BCUT2D eigenvalue weighted by Crippen LogP contribution is 2.31. The predicted octanol–water partition coefficient (Wildman–Crippen LogP) is 4.09. The molecule has 0 aliphatic heterocycles. The molecule has 0 aromatic heterocycles. The van der Waals surface area contributed by atoms with E-state index in [0.717, 1.165) is 24.1 Å². The van der Waals surface area contributed by atoms with Crippen molar-refractivity contribution >= 4 is 39.8 Å². The molecule has 0 unspecified atom stereocenters. The van der Waals surface area contributed by atoms with Crippen LogP contribution in [0.15, 0.2) is 76.5 Å². The average Bonchev–Trinajstić information content (AvgIpc) is 2.78. The maximum absolute atomic E-state index is 12.9. The van der Waals surface area contributed by atoms with Crippen molar-refractivity contribution < 1.29 is 28.2 Å². The normalized spacial score (nSPS) is 12.0. The van der Waals surface area contributed by atoms with Crippen LogP contribution in [-0.4, -0.2) is 37.7 Å². The number of benzene rings is 3. The summed E-state index contributed by atoms with van der Waals surface area (Å²) in [6.07, 6.45) is -0.0447. The fourth-order valence-electron chi connectivity index (χ4n) is 3.17. The van der Waals surface area contributed by atoms with Gasteiger partial charge in [0, 0.05) is 24.6 Å². The highest BCUT2D eigenvalue weighted by molar-refractivity contribution is 7.91. The zero-order valence-electron chi connectivity index (χ0n) is 18.3. The minimum Gasteiger partial charge on any atom is -0.504 e. The quantitative estimate of drug-likeness (QED) is 0.219. The third-order valence-corrected chi connectivity index (χ3v) is 6.89. The number of ether oxygens (including phenoxy) is 1. The van der Waals surface area contributed by atoms with E-state index in [9.17, 15) is 23.4 Å². The third-order valence-electron chi connectivity index (χ3n) is 4.89. The van der Waals surface area contributed by atoms with Crippen molar-refractivity contribution in [2.75, 3.05) is 13.1 Å². The van der Waals surface area contributed by atoms with Crippen LogP contribution in [-0.2, 0) is 21.1 Å². The molecule has 0 fully saturated rings. The van der Waals surface area contributed by atoms with Gasteiger partial charge in [-0.05, 0) is 60.5 Å². The third kappa shape index (κ3) is 7.19. The van der Waals surface area contributed by atoms with Crippen molar-refractivity contribution in [3.8, 4) is 11.5 Å². The first-order valence-corrected chi connectivity index (χ1v) is 12.0. The first-order chi connectivity index (χ1) is 15.7. The van der Waals surface area contributed by atoms with E-state index in [0.29, 0.717) is 24.5 Å². The van der Waals surface area contributed by atoms with Crippen LogP contribution in [0, 0.1) is 0 Å². The summed E-state index contributed by atoms with van der Waals surface area (Å²) in [6, 6.07) is 17.0. The second-order valence-corrected chi connectivity index (χ2v) is 9.78. The highest BCUT2D eigenvalue weighted by atomic mass is 35.5. The van der Waals surface area contributed by atoms with E-state index in [4.69, 9.17) is 16.3 Å². The Morgan fingerprint density at radius 1 is 1.06 bits per heavy atom. The molecule has 0 amide bonds. The molecule has 0 radical (unpaired) electrons. The molecule has 7 nitrogen and oxygen atoms in total. The SMILES string of the molecule is CC(=O)Oc1cc(S(=O)(=O)c2ccc(CCNC[C@@H](O)c3cccc(Cl)c3)cc2)ccc1O.Cl. The molecule has 3 rings (SSSR count). The number of hydrogen-bond donors (Lipinski definition) is 3. The molecule has 0 saturated heterocycles. The largest absolute Gasteiger partial charge is 0.504 e. The number of phenolic OH excluding ortho intramolecular Hbond substituents is 1. The van der Waals surface area contributed by atoms with Gasteiger partial charge in [0.15, 0.2) is 11.5 Å². The number of phenols is 1. The van der Waals surface area contributed by atoms with Crippen LogP contribution in [0.4, 0.5) is 0 Å². The molecular formula is C24H25Cl2NO6S. The lowest BCUT2D eigenvalue weighted by atomic mass is 10.1. The summed E-state index contributed by atoms with van der Waals surface area (Å²) < 4.78 is 30.7. The number of rotatable bonds is 9. The monoisotopic (exact) mass is 525 g/mol. The number of esters is 1. The van der Waals surface area contributed by atoms with Crippen molar-refractivity contribution in [2.24, 2.45) is 0 Å². The van der Waals surface area contributed by atoms with E-state index < -0.39 is 21.9 Å². The topological polar surface area (TPSA) is 113 Å². The van der Waals surface area contributed by atoms with E-state index in [1.165, 1.54) is 24.3 Å². The maximum Gasteiger partial charge on any atom is 0.308 e. The minimum atomic E-state index is -3.86. The van der Waals surface area contributed by atoms with Gasteiger partial charge in [-0.3, -0.25) is 4.79 Å². The van der Waals surface area contributed by atoms with Gasteiger partial charge in [-0.1, -0.05) is 35.9 Å². The number of carbonyl (C=O) groups is 1. The second-order valence-electron chi connectivity index (χ2n) is 7.40. The Kier molecular flexibility index (Phi) is 9.90. The zero-order valence-corrected chi connectivity index (χ0v) is 20.7. The summed E-state index contributed by atoms with van der Waals surface area (Å²) in [5, 5.41) is 23.7. The summed E-state index contributed by atoms with van der Waals surface area (Å²) in [4.78, 5) is 11.1. The molecule has 1 atom stereocenters. The van der Waals surface area contributed by atoms with Gasteiger partial charge in [-0.25, -0.2) is 8.42 Å². The Morgan fingerprint density at radius 3 is 2.38 bits per heavy atom. The number of nitrogens with one attached hydrogen (secondary N) is 1. The van der Waals surface area contributed by atoms with Crippen molar-refractivity contribution in [1.29, 1.82) is 0 Å². The van der Waals surface area contributed by atoms with E-state index >= 15 is 0 Å². The molecule has 0 saturated carbocycles. The second kappa shape index (κ2) is 12.2. The molecular weight excluding hydrogens is 501 g/mol. The van der Waals surface area contributed by atoms with E-state index in [1.54, 1.807) is 36.4 Å². The zero-order chi connectivity index (χ0) is 24.0. The van der Waals surface area contributed by atoms with Crippen LogP contribution in [0.5, 0.6) is 11.5 Å². The predicted molar refractivity (Wildman–Crippen MR) is 132 cm³/mol. The molecule has 10 heteroatoms. The summed E-state index contributed by atoms with van der Waals surface area (Å²) in [7, 11) is -3.86. The lowest BCUT2D eigenvalue weighted by Crippen LogP contribution is -2.23. The number of carbonyl (C=O) groups excluding carboxylic acids is 1. The van der Waals surface area contributed by atoms with Gasteiger partial charge in [-0.2, -0.15) is 0 Å². The molecule has 0 aliphatic rings. The van der Waals surface area contributed by atoms with Crippen molar-refractivity contribution in [1.82, 2.24) is 5.32 Å². The molecule has 0 bridgehead atoms. The molecule has 0 spiro atoms. The van der Waals surface area contributed by atoms with Crippen LogP contribution in [0.3, 0.4) is 0 Å². The van der Waals surface area contributed by atoms with Gasteiger partial charge < -0.3 is 20.3 Å². The smallest absolute Gasteiger partial charge is 0.308 e. The van der Waals surface area contributed by atoms with Gasteiger partial charge in [-0.15, -0.1) is 12.4 Å². The fraction of sp³-hybridized carbons (Fsp3) is 0.208. The molecule has 34 heavy (non-hydrogen) atoms. The maximum atomic E-state index is 12.9. The standard InChI is InChI=1S/C24H24ClNO6S.ClH/c1-16(27)32-24-14-21(9-10-22(24)28)33(30,31)20-7-5-17(6-8-20)11-12-26-15-23(29)18-3-2-4-19(25)13-18;/h2-10,13-14,23,26,28-29H,11-12,15H2,1H3;1H/t23-;/m1./s1. The van der Waals surface area contributed by atoms with Crippen molar-refractivity contribution in [2.45, 2.75) is 29.2 Å². The van der Waals surface area contributed by atoms with Gasteiger partial charge in [0.2, 0.25) is 9.84 Å². The Labute approximate surface area is 209 Å². The summed E-state index contributed by atoms with van der Waals surface area (Å²) in [5.41, 5.74) is 1.65. The van der Waals surface area contributed by atoms with Crippen molar-refractivity contribution in [3.05, 3.63) is 82.9 Å². The molecule has 0 heterocycles. The number of sulfone groups is 1. The van der Waals surface area contributed by atoms with Gasteiger partial charge in [0.1, 0.15) is 0 Å². The van der Waals surface area contributed by atoms with E-state index in [2.05, 4.69) is 5.32 Å². The molecule has 0 aliphatic carbocycles. The molecule has 3 aromatic carbocycles. The Morgan fingerprint density at radius 2 is 1.74 bits per heavy atom. The summed E-state index contributed by atoms with van der Waals surface area (Å²) in [6.45, 7) is 2.11. The summed E-state index contributed by atoms with van der Waals surface area (Å²) in [5.74, 6) is -1.21. The van der Waals surface area contributed by atoms with Crippen molar-refractivity contribution in [3.63, 3.8) is 0 Å². The number of aromatic hydroxyl groups is 1. The van der Waals surface area contributed by atoms with Gasteiger partial charge in [0.25, 0.3) is 0 Å². The Balaban J connectivity index is 0.00000408. The average molecular weight is 526 g/mol. The number of halogens is 2. The number of hydrogen-bond acceptors (Lipinski definition) is 7. The Bertz CT molecular complexity index is 1230. The summed E-state index contributed by atoms with van der Waals surface area (Å²) >= 11 is 5.94. The number of aliphatic hydroxyl groups excluding tert-OH is 1. The van der Waals surface area contributed by atoms with Gasteiger partial charge >= 0.3 is 5.97 Å². The molecule has 182 valence electrons. The van der Waals surface area contributed by atoms with E-state index in [-0.39, 0.29) is 33.7 Å². The highest BCUT2D eigenvalue weighted by Gasteiger charge is 2.20. The molecule has 3 aromatic rings. The van der Waals surface area contributed by atoms with Crippen LogP contribution in [0.25, 0.3) is 0 Å². The Hall–Kier alpha value is -2.62. The lowest BCUT2D eigenvalue weighted by molar-refractivity contribution is -0.132. The number of aliphatic hydroxyl groups is 1. The molecule has 3 N–H and O–H groups in total. The first kappa shape index (κ1) is 27.6. The van der Waals surface area contributed by atoms with Crippen LogP contribution in [0.2, 0.25) is 5.02 Å².